The molecule has 0 unspecified atom stereocenters. The number of carbonyl (C=O) groups excluding carboxylic acids is 3. The van der Waals surface area contributed by atoms with Crippen LogP contribution in [0.4, 0.5) is 14.6 Å². The Hall–Kier alpha value is -5.27. The summed E-state index contributed by atoms with van der Waals surface area (Å²) in [7, 11) is 0. The molecular weight excluding hydrogens is 580 g/mol. The van der Waals surface area contributed by atoms with E-state index in [2.05, 4.69) is 10.3 Å². The van der Waals surface area contributed by atoms with Gasteiger partial charge in [0.05, 0.1) is 11.1 Å². The smallest absolute Gasteiger partial charge is 0.351 e. The first kappa shape index (κ1) is 30.2. The summed E-state index contributed by atoms with van der Waals surface area (Å²) in [6.45, 7) is -0.723. The van der Waals surface area contributed by atoms with E-state index in [-0.39, 0.29) is 22.5 Å². The number of rotatable bonds is 9. The zero-order valence-electron chi connectivity index (χ0n) is 22.8. The summed E-state index contributed by atoms with van der Waals surface area (Å²) in [4.78, 5) is 54.8. The van der Waals surface area contributed by atoms with Gasteiger partial charge in [-0.15, -0.1) is 0 Å². The van der Waals surface area contributed by atoms with Crippen LogP contribution in [-0.4, -0.2) is 63.3 Å². The van der Waals surface area contributed by atoms with Crippen molar-refractivity contribution < 1.29 is 42.5 Å². The molecule has 44 heavy (non-hydrogen) atoms. The topological polar surface area (TPSA) is 146 Å². The highest BCUT2D eigenvalue weighted by Crippen LogP contribution is 2.44. The van der Waals surface area contributed by atoms with E-state index in [1.54, 1.807) is 42.5 Å². The Morgan fingerprint density at radius 1 is 0.886 bits per heavy atom. The summed E-state index contributed by atoms with van der Waals surface area (Å²) < 4.78 is 46.4. The fourth-order valence-corrected chi connectivity index (χ4v) is 4.61. The van der Waals surface area contributed by atoms with E-state index in [1.165, 1.54) is 48.5 Å². The molecule has 1 aliphatic rings. The third-order valence-corrected chi connectivity index (χ3v) is 6.83. The van der Waals surface area contributed by atoms with Gasteiger partial charge in [-0.3, -0.25) is 9.36 Å². The van der Waals surface area contributed by atoms with Crippen LogP contribution in [-0.2, 0) is 14.2 Å². The first-order valence-corrected chi connectivity index (χ1v) is 13.3. The van der Waals surface area contributed by atoms with Gasteiger partial charge in [-0.2, -0.15) is 4.98 Å². The molecule has 4 aromatic rings. The normalized spacial score (nSPS) is 21.0. The van der Waals surface area contributed by atoms with E-state index >= 15 is 0 Å². The van der Waals surface area contributed by atoms with E-state index in [4.69, 9.17) is 14.2 Å². The number of hydrogen-bond acceptors (Lipinski definition) is 9. The highest BCUT2D eigenvalue weighted by Gasteiger charge is 2.65. The van der Waals surface area contributed by atoms with Crippen LogP contribution < -0.4 is 11.0 Å². The van der Waals surface area contributed by atoms with Gasteiger partial charge < -0.3 is 24.6 Å². The number of halogens is 2. The van der Waals surface area contributed by atoms with Crippen molar-refractivity contribution in [3.8, 4) is 0 Å². The molecule has 3 aromatic carbocycles. The van der Waals surface area contributed by atoms with Gasteiger partial charge in [0.2, 0.25) is 5.60 Å². The Kier molecular flexibility index (Phi) is 8.88. The lowest BCUT2D eigenvalue weighted by atomic mass is 9.94. The number of hydrogen-bond donors (Lipinski definition) is 2. The van der Waals surface area contributed by atoms with Crippen molar-refractivity contribution in [3.63, 3.8) is 0 Å². The molecule has 2 N–H and O–H groups in total. The molecule has 5 rings (SSSR count). The Balaban J connectivity index is 1.45. The minimum atomic E-state index is -3.62. The van der Waals surface area contributed by atoms with Crippen LogP contribution in [0.5, 0.6) is 0 Å². The van der Waals surface area contributed by atoms with E-state index in [0.29, 0.717) is 4.57 Å². The molecule has 4 atom stereocenters. The van der Waals surface area contributed by atoms with Crippen LogP contribution in [0.15, 0.2) is 108 Å². The van der Waals surface area contributed by atoms with Crippen LogP contribution in [0.1, 0.15) is 37.3 Å². The lowest BCUT2D eigenvalue weighted by Gasteiger charge is -2.32. The first-order chi connectivity index (χ1) is 21.2. The number of nitrogens with zero attached hydrogens (tertiary/aromatic N) is 2. The molecule has 0 saturated carbocycles. The van der Waals surface area contributed by atoms with Gasteiger partial charge in [0.15, 0.2) is 12.3 Å². The number of ether oxygens (including phenoxy) is 3. The van der Waals surface area contributed by atoms with Crippen LogP contribution in [0, 0.1) is 0 Å². The average molecular weight is 606 g/mol. The molecule has 11 nitrogen and oxygen atoms in total. The summed E-state index contributed by atoms with van der Waals surface area (Å²) in [6, 6.07) is 24.4. The summed E-state index contributed by atoms with van der Waals surface area (Å²) in [5.74, 6) is -2.67. The molecule has 226 valence electrons. The molecule has 1 fully saturated rings. The first-order valence-electron chi connectivity index (χ1n) is 13.3. The van der Waals surface area contributed by atoms with Crippen molar-refractivity contribution in [2.45, 2.75) is 30.5 Å². The Labute approximate surface area is 248 Å². The van der Waals surface area contributed by atoms with Gasteiger partial charge in [-0.25, -0.2) is 23.2 Å². The molecule has 0 spiro atoms. The number of esters is 2. The van der Waals surface area contributed by atoms with Gasteiger partial charge in [-0.05, 0) is 42.5 Å². The molecule has 1 aliphatic heterocycles. The number of aliphatic hydroxyl groups is 1. The average Bonchev–Trinajstić information content (AvgIpc) is 3.32. The molecule has 0 radical (unpaired) electrons. The van der Waals surface area contributed by atoms with Crippen molar-refractivity contribution in [3.05, 3.63) is 130 Å². The number of benzene rings is 3. The third kappa shape index (κ3) is 6.23. The van der Waals surface area contributed by atoms with E-state index in [9.17, 15) is 33.1 Å². The quantitative estimate of drug-likeness (QED) is 0.274. The molecule has 1 saturated heterocycles. The third-order valence-electron chi connectivity index (χ3n) is 6.83. The fourth-order valence-electron chi connectivity index (χ4n) is 4.61. The molecule has 0 bridgehead atoms. The number of amides is 1. The summed E-state index contributed by atoms with van der Waals surface area (Å²) in [5.41, 5.74) is -4.05. The fraction of sp³-hybridized carbons (Fsp3) is 0.194. The van der Waals surface area contributed by atoms with Gasteiger partial charge in [-0.1, -0.05) is 54.6 Å². The Morgan fingerprint density at radius 2 is 1.43 bits per heavy atom. The highest BCUT2D eigenvalue weighted by molar-refractivity contribution is 6.03. The van der Waals surface area contributed by atoms with Crippen LogP contribution in [0.25, 0.3) is 0 Å². The maximum absolute atomic E-state index is 14.7. The number of aromatic nitrogens is 2. The van der Waals surface area contributed by atoms with Crippen molar-refractivity contribution >= 4 is 23.7 Å². The maximum Gasteiger partial charge on any atom is 0.351 e. The predicted molar refractivity (Wildman–Crippen MR) is 150 cm³/mol. The van der Waals surface area contributed by atoms with E-state index in [1.807, 2.05) is 0 Å². The lowest BCUT2D eigenvalue weighted by molar-refractivity contribution is -0.186. The minimum Gasteiger partial charge on any atom is -0.459 e. The van der Waals surface area contributed by atoms with Gasteiger partial charge >= 0.3 is 17.6 Å². The molecule has 1 aromatic heterocycles. The molecule has 13 heteroatoms. The lowest BCUT2D eigenvalue weighted by Crippen LogP contribution is -2.55. The van der Waals surface area contributed by atoms with Gasteiger partial charge in [0.1, 0.15) is 18.5 Å². The molecule has 2 heterocycles. The maximum atomic E-state index is 14.7. The molecule has 0 aliphatic carbocycles. The van der Waals surface area contributed by atoms with E-state index in [0.717, 1.165) is 12.3 Å². The number of carbonyl (C=O) groups is 3. The SMILES string of the molecule is O=C(Nc1ccn([C@@H]2O[C@H](COC(=O)c3ccccc3)[C@@H](OC(=O)c3ccccc3)[C@]2(O)C(F)F)c(=O)n1)c1ccccc1. The van der Waals surface area contributed by atoms with Crippen molar-refractivity contribution in [2.24, 2.45) is 0 Å². The van der Waals surface area contributed by atoms with Crippen LogP contribution >= 0.6 is 0 Å². The zero-order chi connectivity index (χ0) is 31.3. The number of anilines is 1. The monoisotopic (exact) mass is 605 g/mol. The Morgan fingerprint density at radius 3 is 1.98 bits per heavy atom. The standard InChI is InChI=1S/C31H25F2N3O8/c32-28(33)31(41)24(44-27(39)21-14-8-3-9-15-21)22(18-42-26(38)20-12-6-2-7-13-20)43-29(31)36-17-16-23(35-30(36)40)34-25(37)19-10-4-1-5-11-19/h1-17,22,24,28-29,41H,18H2,(H,34,35,37,40)/t22-,24-,29-,31+/m1/s1. The van der Waals surface area contributed by atoms with Crippen molar-refractivity contribution in [1.82, 2.24) is 9.55 Å². The molecular formula is C31H25F2N3O8. The van der Waals surface area contributed by atoms with Crippen LogP contribution in [0.3, 0.4) is 0 Å². The number of alkyl halides is 2. The summed E-state index contributed by atoms with van der Waals surface area (Å²) in [5, 5.41) is 13.9. The molecule has 1 amide bonds. The second-order valence-corrected chi connectivity index (χ2v) is 9.69. The van der Waals surface area contributed by atoms with Crippen molar-refractivity contribution in [2.75, 3.05) is 11.9 Å². The Bertz CT molecular complexity index is 1690. The van der Waals surface area contributed by atoms with Crippen LogP contribution in [0.2, 0.25) is 0 Å². The predicted octanol–water partition coefficient (Wildman–Crippen LogP) is 3.47. The zero-order valence-corrected chi connectivity index (χ0v) is 22.8. The second-order valence-electron chi connectivity index (χ2n) is 9.69. The largest absolute Gasteiger partial charge is 0.459 e. The second kappa shape index (κ2) is 12.9. The van der Waals surface area contributed by atoms with E-state index < -0.39 is 60.6 Å². The minimum absolute atomic E-state index is 0.00931. The van der Waals surface area contributed by atoms with Gasteiger partial charge in [0.25, 0.3) is 12.3 Å². The highest BCUT2D eigenvalue weighted by atomic mass is 19.3. The van der Waals surface area contributed by atoms with Crippen molar-refractivity contribution in [1.29, 1.82) is 0 Å². The number of nitrogens with one attached hydrogen (secondary N) is 1. The summed E-state index contributed by atoms with van der Waals surface area (Å²) >= 11 is 0. The summed E-state index contributed by atoms with van der Waals surface area (Å²) in [6.07, 6.45) is -8.52. The van der Waals surface area contributed by atoms with Gasteiger partial charge in [0, 0.05) is 11.8 Å².